The topological polar surface area (TPSA) is 75.4 Å². The molecule has 0 bridgehead atoms. The summed E-state index contributed by atoms with van der Waals surface area (Å²) in [7, 11) is 0. The summed E-state index contributed by atoms with van der Waals surface area (Å²) in [6.07, 6.45) is 2.20. The fourth-order valence-electron chi connectivity index (χ4n) is 2.92. The Morgan fingerprint density at radius 3 is 2.92 bits per heavy atom. The molecule has 4 rings (SSSR count). The van der Waals surface area contributed by atoms with E-state index in [-0.39, 0.29) is 11.8 Å². The van der Waals surface area contributed by atoms with Crippen LogP contribution in [0, 0.1) is 6.92 Å². The lowest BCUT2D eigenvalue weighted by atomic mass is 10.1. The first-order valence-corrected chi connectivity index (χ1v) is 8.72. The van der Waals surface area contributed by atoms with Crippen molar-refractivity contribution in [3.05, 3.63) is 63.7 Å². The number of amides is 2. The molecule has 25 heavy (non-hydrogen) atoms. The Labute approximate surface area is 148 Å². The summed E-state index contributed by atoms with van der Waals surface area (Å²) in [5.41, 5.74) is 2.98. The molecule has 0 radical (unpaired) electrons. The molecule has 2 amide bonds. The standard InChI is InChI=1S/C18H15N3O3S/c1-11-14(10-19-24-11)17(22)20-13-5-4-12-6-7-21(15(12)9-13)18(23)16-3-2-8-25-16/h2-5,8-10H,6-7H2,1H3,(H,20,22). The maximum Gasteiger partial charge on any atom is 0.268 e. The lowest BCUT2D eigenvalue weighted by Crippen LogP contribution is -2.28. The normalized spacial score (nSPS) is 12.9. The maximum atomic E-state index is 12.7. The second-order valence-corrected chi connectivity index (χ2v) is 6.73. The number of hydrogen-bond acceptors (Lipinski definition) is 5. The molecule has 1 aliphatic heterocycles. The predicted octanol–water partition coefficient (Wildman–Crippen LogP) is 3.50. The summed E-state index contributed by atoms with van der Waals surface area (Å²) in [5.74, 6) is 0.174. The zero-order chi connectivity index (χ0) is 17.4. The van der Waals surface area contributed by atoms with E-state index < -0.39 is 0 Å². The second-order valence-electron chi connectivity index (χ2n) is 5.78. The number of fused-ring (bicyclic) bond motifs is 1. The first-order valence-electron chi connectivity index (χ1n) is 7.84. The smallest absolute Gasteiger partial charge is 0.268 e. The van der Waals surface area contributed by atoms with E-state index in [1.165, 1.54) is 17.5 Å². The number of nitrogens with zero attached hydrogens (tertiary/aromatic N) is 2. The molecule has 3 aromatic rings. The lowest BCUT2D eigenvalue weighted by molar-refractivity contribution is 0.0991. The van der Waals surface area contributed by atoms with Crippen LogP contribution in [-0.4, -0.2) is 23.5 Å². The van der Waals surface area contributed by atoms with E-state index in [0.717, 1.165) is 17.7 Å². The van der Waals surface area contributed by atoms with Gasteiger partial charge in [-0.2, -0.15) is 0 Å². The third-order valence-electron chi connectivity index (χ3n) is 4.21. The van der Waals surface area contributed by atoms with E-state index >= 15 is 0 Å². The van der Waals surface area contributed by atoms with Crippen LogP contribution in [0.15, 0.2) is 46.4 Å². The number of anilines is 2. The highest BCUT2D eigenvalue weighted by atomic mass is 32.1. The van der Waals surface area contributed by atoms with Gasteiger partial charge in [0, 0.05) is 17.9 Å². The van der Waals surface area contributed by atoms with Crippen LogP contribution in [0.4, 0.5) is 11.4 Å². The van der Waals surface area contributed by atoms with Crippen LogP contribution in [0.5, 0.6) is 0 Å². The van der Waals surface area contributed by atoms with Gasteiger partial charge < -0.3 is 14.7 Å². The zero-order valence-electron chi connectivity index (χ0n) is 13.5. The zero-order valence-corrected chi connectivity index (χ0v) is 14.3. The van der Waals surface area contributed by atoms with E-state index in [2.05, 4.69) is 10.5 Å². The second kappa shape index (κ2) is 6.18. The van der Waals surface area contributed by atoms with Crippen LogP contribution in [0.1, 0.15) is 31.4 Å². The lowest BCUT2D eigenvalue weighted by Gasteiger charge is -2.17. The van der Waals surface area contributed by atoms with Crippen molar-refractivity contribution in [1.82, 2.24) is 5.16 Å². The summed E-state index contributed by atoms with van der Waals surface area (Å²) in [6, 6.07) is 9.33. The molecule has 1 aromatic carbocycles. The Hall–Kier alpha value is -2.93. The Morgan fingerprint density at radius 1 is 1.32 bits per heavy atom. The van der Waals surface area contributed by atoms with Gasteiger partial charge in [-0.3, -0.25) is 9.59 Å². The molecule has 126 valence electrons. The van der Waals surface area contributed by atoms with Crippen LogP contribution in [0.25, 0.3) is 0 Å². The third-order valence-corrected chi connectivity index (χ3v) is 5.07. The number of rotatable bonds is 3. The van der Waals surface area contributed by atoms with Gasteiger partial charge in [0.25, 0.3) is 11.8 Å². The number of aromatic nitrogens is 1. The van der Waals surface area contributed by atoms with Crippen LogP contribution >= 0.6 is 11.3 Å². The molecule has 7 heteroatoms. The van der Waals surface area contributed by atoms with Crippen molar-refractivity contribution in [2.75, 3.05) is 16.8 Å². The molecule has 0 atom stereocenters. The van der Waals surface area contributed by atoms with E-state index in [1.54, 1.807) is 11.8 Å². The molecule has 6 nitrogen and oxygen atoms in total. The number of aryl methyl sites for hydroxylation is 1. The number of benzene rings is 1. The first kappa shape index (κ1) is 15.6. The number of hydrogen-bond donors (Lipinski definition) is 1. The van der Waals surface area contributed by atoms with Crippen LogP contribution in [0.3, 0.4) is 0 Å². The van der Waals surface area contributed by atoms with Gasteiger partial charge in [-0.25, -0.2) is 0 Å². The van der Waals surface area contributed by atoms with Crippen molar-refractivity contribution in [3.63, 3.8) is 0 Å². The minimum Gasteiger partial charge on any atom is -0.361 e. The fraction of sp³-hybridized carbons (Fsp3) is 0.167. The highest BCUT2D eigenvalue weighted by molar-refractivity contribution is 7.12. The fourth-order valence-corrected chi connectivity index (χ4v) is 3.59. The van der Waals surface area contributed by atoms with Crippen molar-refractivity contribution in [2.24, 2.45) is 0 Å². The molecular weight excluding hydrogens is 338 g/mol. The van der Waals surface area contributed by atoms with Crippen molar-refractivity contribution < 1.29 is 14.1 Å². The van der Waals surface area contributed by atoms with Crippen molar-refractivity contribution in [1.29, 1.82) is 0 Å². The van der Waals surface area contributed by atoms with Crippen molar-refractivity contribution in [2.45, 2.75) is 13.3 Å². The molecule has 1 N–H and O–H groups in total. The predicted molar refractivity (Wildman–Crippen MR) is 95.3 cm³/mol. The molecule has 0 aliphatic carbocycles. The molecule has 0 unspecified atom stereocenters. The van der Waals surface area contributed by atoms with Gasteiger partial charge >= 0.3 is 0 Å². The summed E-state index contributed by atoms with van der Waals surface area (Å²) in [5, 5.41) is 8.34. The van der Waals surface area contributed by atoms with E-state index in [0.29, 0.717) is 28.4 Å². The van der Waals surface area contributed by atoms with Crippen molar-refractivity contribution >= 4 is 34.5 Å². The number of carbonyl (C=O) groups is 2. The minimum absolute atomic E-state index is 0.00731. The van der Waals surface area contributed by atoms with Gasteiger partial charge in [-0.1, -0.05) is 17.3 Å². The van der Waals surface area contributed by atoms with Crippen LogP contribution in [-0.2, 0) is 6.42 Å². The third kappa shape index (κ3) is 2.83. The molecule has 0 fully saturated rings. The summed E-state index contributed by atoms with van der Waals surface area (Å²) in [6.45, 7) is 2.33. The van der Waals surface area contributed by atoms with E-state index in [4.69, 9.17) is 4.52 Å². The Balaban J connectivity index is 1.59. The highest BCUT2D eigenvalue weighted by Crippen LogP contribution is 2.32. The number of thiophene rings is 1. The number of nitrogens with one attached hydrogen (secondary N) is 1. The molecule has 1 aliphatic rings. The average molecular weight is 353 g/mol. The largest absolute Gasteiger partial charge is 0.361 e. The van der Waals surface area contributed by atoms with Gasteiger partial charge in [0.15, 0.2) is 0 Å². The highest BCUT2D eigenvalue weighted by Gasteiger charge is 2.26. The van der Waals surface area contributed by atoms with Gasteiger partial charge in [0.05, 0.1) is 11.1 Å². The average Bonchev–Trinajstić information content (AvgIpc) is 3.34. The summed E-state index contributed by atoms with van der Waals surface area (Å²) in [4.78, 5) is 27.4. The first-order chi connectivity index (χ1) is 12.1. The Kier molecular flexibility index (Phi) is 3.85. The SMILES string of the molecule is Cc1oncc1C(=O)Nc1ccc2c(c1)N(C(=O)c1cccs1)CC2. The van der Waals surface area contributed by atoms with Gasteiger partial charge in [0.2, 0.25) is 0 Å². The van der Waals surface area contributed by atoms with Crippen LogP contribution in [0.2, 0.25) is 0 Å². The molecule has 0 saturated carbocycles. The van der Waals surface area contributed by atoms with Gasteiger partial charge in [-0.05, 0) is 42.5 Å². The van der Waals surface area contributed by atoms with Gasteiger partial charge in [-0.15, -0.1) is 11.3 Å². The summed E-state index contributed by atoms with van der Waals surface area (Å²) >= 11 is 1.43. The quantitative estimate of drug-likeness (QED) is 0.782. The molecule has 0 saturated heterocycles. The van der Waals surface area contributed by atoms with Gasteiger partial charge in [0.1, 0.15) is 11.3 Å². The van der Waals surface area contributed by atoms with Crippen LogP contribution < -0.4 is 10.2 Å². The molecule has 3 heterocycles. The Bertz CT molecular complexity index is 946. The van der Waals surface area contributed by atoms with E-state index in [1.807, 2.05) is 35.7 Å². The van der Waals surface area contributed by atoms with Crippen molar-refractivity contribution in [3.8, 4) is 0 Å². The number of carbonyl (C=O) groups excluding carboxylic acids is 2. The molecule has 2 aromatic heterocycles. The Morgan fingerprint density at radius 2 is 2.20 bits per heavy atom. The monoisotopic (exact) mass is 353 g/mol. The van der Waals surface area contributed by atoms with E-state index in [9.17, 15) is 9.59 Å². The minimum atomic E-state index is -0.284. The molecular formula is C18H15N3O3S. The maximum absolute atomic E-state index is 12.7. The summed E-state index contributed by atoms with van der Waals surface area (Å²) < 4.78 is 4.92. The molecule has 0 spiro atoms.